The molecule has 152 valence electrons. The van der Waals surface area contributed by atoms with Gasteiger partial charge in [-0.3, -0.25) is 9.36 Å². The third-order valence-corrected chi connectivity index (χ3v) is 5.32. The second kappa shape index (κ2) is 9.32. The van der Waals surface area contributed by atoms with Gasteiger partial charge in [-0.1, -0.05) is 30.0 Å². The Hall–Kier alpha value is -3.52. The number of carbonyl (C=O) groups is 1. The number of nitrogens with zero attached hydrogens (tertiary/aromatic N) is 3. The largest absolute Gasteiger partial charge is 0.497 e. The van der Waals surface area contributed by atoms with Crippen LogP contribution in [0.2, 0.25) is 0 Å². The van der Waals surface area contributed by atoms with E-state index in [1.165, 1.54) is 11.8 Å². The number of nitrogens with one attached hydrogen (secondary N) is 1. The second-order valence-electron chi connectivity index (χ2n) is 6.40. The van der Waals surface area contributed by atoms with Crippen LogP contribution in [-0.2, 0) is 11.3 Å². The first-order valence-electron chi connectivity index (χ1n) is 9.30. The van der Waals surface area contributed by atoms with E-state index in [4.69, 9.17) is 9.15 Å². The number of rotatable bonds is 8. The van der Waals surface area contributed by atoms with Crippen molar-refractivity contribution in [3.05, 3.63) is 78.8 Å². The summed E-state index contributed by atoms with van der Waals surface area (Å²) in [6, 6.07) is 20.7. The van der Waals surface area contributed by atoms with E-state index < -0.39 is 0 Å². The first-order chi connectivity index (χ1) is 14.7. The lowest BCUT2D eigenvalue weighted by molar-refractivity contribution is -0.113. The molecular formula is C22H20N4O3S. The molecule has 0 fully saturated rings. The van der Waals surface area contributed by atoms with E-state index in [0.717, 1.165) is 22.8 Å². The molecule has 0 unspecified atom stereocenters. The lowest BCUT2D eigenvalue weighted by atomic mass is 10.2. The van der Waals surface area contributed by atoms with Gasteiger partial charge in [-0.15, -0.1) is 10.2 Å². The van der Waals surface area contributed by atoms with Gasteiger partial charge in [-0.25, -0.2) is 0 Å². The SMILES string of the molecule is COc1ccc(-c2nnc(SCC(=O)Nc3ccccc3)n2Cc2ccco2)cc1. The summed E-state index contributed by atoms with van der Waals surface area (Å²) in [5.74, 6) is 2.35. The van der Waals surface area contributed by atoms with Crippen molar-refractivity contribution in [3.8, 4) is 17.1 Å². The quantitative estimate of drug-likeness (QED) is 0.427. The summed E-state index contributed by atoms with van der Waals surface area (Å²) in [4.78, 5) is 12.3. The zero-order chi connectivity index (χ0) is 20.8. The van der Waals surface area contributed by atoms with Crippen LogP contribution < -0.4 is 10.1 Å². The fourth-order valence-electron chi connectivity index (χ4n) is 2.90. The van der Waals surface area contributed by atoms with Gasteiger partial charge in [-0.2, -0.15) is 0 Å². The van der Waals surface area contributed by atoms with Gasteiger partial charge in [0.1, 0.15) is 11.5 Å². The minimum Gasteiger partial charge on any atom is -0.497 e. The summed E-state index contributed by atoms with van der Waals surface area (Å²) in [6.07, 6.45) is 1.63. The highest BCUT2D eigenvalue weighted by atomic mass is 32.2. The number of furan rings is 1. The molecule has 0 aliphatic heterocycles. The highest BCUT2D eigenvalue weighted by Gasteiger charge is 2.17. The predicted molar refractivity (Wildman–Crippen MR) is 116 cm³/mol. The van der Waals surface area contributed by atoms with E-state index in [-0.39, 0.29) is 11.7 Å². The van der Waals surface area contributed by atoms with Gasteiger partial charge in [-0.05, 0) is 48.5 Å². The molecule has 4 aromatic rings. The fourth-order valence-corrected chi connectivity index (χ4v) is 3.64. The van der Waals surface area contributed by atoms with Gasteiger partial charge >= 0.3 is 0 Å². The van der Waals surface area contributed by atoms with E-state index in [2.05, 4.69) is 15.5 Å². The maximum absolute atomic E-state index is 12.3. The molecule has 0 spiro atoms. The summed E-state index contributed by atoms with van der Waals surface area (Å²) < 4.78 is 12.7. The molecule has 0 bridgehead atoms. The van der Waals surface area contributed by atoms with Gasteiger partial charge in [0.15, 0.2) is 11.0 Å². The number of ether oxygens (including phenoxy) is 1. The second-order valence-corrected chi connectivity index (χ2v) is 7.35. The molecule has 2 aromatic heterocycles. The molecule has 1 N–H and O–H groups in total. The zero-order valence-corrected chi connectivity index (χ0v) is 17.1. The molecule has 1 amide bonds. The Morgan fingerprint density at radius 2 is 1.87 bits per heavy atom. The first kappa shape index (κ1) is 19.8. The van der Waals surface area contributed by atoms with Gasteiger partial charge in [0, 0.05) is 11.3 Å². The Morgan fingerprint density at radius 1 is 1.07 bits per heavy atom. The van der Waals surface area contributed by atoms with Crippen molar-refractivity contribution in [2.45, 2.75) is 11.7 Å². The third kappa shape index (κ3) is 4.72. The van der Waals surface area contributed by atoms with Crippen molar-refractivity contribution in [2.24, 2.45) is 0 Å². The van der Waals surface area contributed by atoms with Crippen LogP contribution in [-0.4, -0.2) is 33.5 Å². The van der Waals surface area contributed by atoms with Gasteiger partial charge in [0.25, 0.3) is 0 Å². The van der Waals surface area contributed by atoms with Crippen LogP contribution in [0, 0.1) is 0 Å². The van der Waals surface area contributed by atoms with Crippen LogP contribution in [0.4, 0.5) is 5.69 Å². The fraction of sp³-hybridized carbons (Fsp3) is 0.136. The molecule has 4 rings (SSSR count). The standard InChI is InChI=1S/C22H20N4O3S/c1-28-18-11-9-16(10-12-18)21-24-25-22(26(21)14-19-8-5-13-29-19)30-15-20(27)23-17-6-3-2-4-7-17/h2-13H,14-15H2,1H3,(H,23,27). The van der Waals surface area contributed by atoms with E-state index in [0.29, 0.717) is 17.5 Å². The summed E-state index contributed by atoms with van der Waals surface area (Å²) in [5.41, 5.74) is 1.66. The molecule has 2 heterocycles. The summed E-state index contributed by atoms with van der Waals surface area (Å²) in [7, 11) is 1.63. The Labute approximate surface area is 178 Å². The van der Waals surface area contributed by atoms with Crippen molar-refractivity contribution >= 4 is 23.4 Å². The van der Waals surface area contributed by atoms with Crippen LogP contribution in [0.3, 0.4) is 0 Å². The van der Waals surface area contributed by atoms with Crippen LogP contribution in [0.1, 0.15) is 5.76 Å². The molecule has 0 aliphatic carbocycles. The highest BCUT2D eigenvalue weighted by molar-refractivity contribution is 7.99. The number of thioether (sulfide) groups is 1. The van der Waals surface area contributed by atoms with Crippen molar-refractivity contribution in [3.63, 3.8) is 0 Å². The Morgan fingerprint density at radius 3 is 2.57 bits per heavy atom. The summed E-state index contributed by atoms with van der Waals surface area (Å²) >= 11 is 1.33. The molecule has 8 heteroatoms. The van der Waals surface area contributed by atoms with Gasteiger partial charge in [0.05, 0.1) is 25.7 Å². The van der Waals surface area contributed by atoms with E-state index in [1.54, 1.807) is 13.4 Å². The average Bonchev–Trinajstić information content (AvgIpc) is 3.43. The number of para-hydroxylation sites is 1. The normalized spacial score (nSPS) is 10.7. The average molecular weight is 420 g/mol. The molecule has 30 heavy (non-hydrogen) atoms. The smallest absolute Gasteiger partial charge is 0.234 e. The van der Waals surface area contributed by atoms with E-state index >= 15 is 0 Å². The van der Waals surface area contributed by atoms with Crippen molar-refractivity contribution < 1.29 is 13.9 Å². The topological polar surface area (TPSA) is 82.2 Å². The number of amides is 1. The molecule has 7 nitrogen and oxygen atoms in total. The zero-order valence-electron chi connectivity index (χ0n) is 16.3. The van der Waals surface area contributed by atoms with Crippen LogP contribution in [0.5, 0.6) is 5.75 Å². The Kier molecular flexibility index (Phi) is 6.14. The van der Waals surface area contributed by atoms with Crippen LogP contribution in [0.15, 0.2) is 82.6 Å². The maximum atomic E-state index is 12.3. The summed E-state index contributed by atoms with van der Waals surface area (Å²) in [5, 5.41) is 12.2. The first-order valence-corrected chi connectivity index (χ1v) is 10.3. The Bertz CT molecular complexity index is 1090. The van der Waals surface area contributed by atoms with E-state index in [1.807, 2.05) is 71.3 Å². The van der Waals surface area contributed by atoms with Crippen LogP contribution in [0.25, 0.3) is 11.4 Å². The Balaban J connectivity index is 1.54. The molecule has 0 aliphatic rings. The number of hydrogen-bond donors (Lipinski definition) is 1. The molecule has 2 aromatic carbocycles. The minimum atomic E-state index is -0.107. The minimum absolute atomic E-state index is 0.107. The van der Waals surface area contributed by atoms with Gasteiger partial charge < -0.3 is 14.5 Å². The number of benzene rings is 2. The van der Waals surface area contributed by atoms with Crippen LogP contribution >= 0.6 is 11.8 Å². The monoisotopic (exact) mass is 420 g/mol. The number of methoxy groups -OCH3 is 1. The predicted octanol–water partition coefficient (Wildman–Crippen LogP) is 4.33. The molecule has 0 saturated heterocycles. The van der Waals surface area contributed by atoms with Crippen molar-refractivity contribution in [2.75, 3.05) is 18.2 Å². The van der Waals surface area contributed by atoms with Crippen molar-refractivity contribution in [1.82, 2.24) is 14.8 Å². The molecule has 0 saturated carbocycles. The molecule has 0 atom stereocenters. The number of hydrogen-bond acceptors (Lipinski definition) is 6. The maximum Gasteiger partial charge on any atom is 0.234 e. The number of anilines is 1. The number of aromatic nitrogens is 3. The lowest BCUT2D eigenvalue weighted by Gasteiger charge is -2.09. The third-order valence-electron chi connectivity index (χ3n) is 4.35. The van der Waals surface area contributed by atoms with E-state index in [9.17, 15) is 4.79 Å². The number of carbonyl (C=O) groups excluding carboxylic acids is 1. The van der Waals surface area contributed by atoms with Gasteiger partial charge in [0.2, 0.25) is 5.91 Å². The summed E-state index contributed by atoms with van der Waals surface area (Å²) in [6.45, 7) is 0.462. The molecular weight excluding hydrogens is 400 g/mol. The lowest BCUT2D eigenvalue weighted by Crippen LogP contribution is -2.14. The van der Waals surface area contributed by atoms with Crippen molar-refractivity contribution in [1.29, 1.82) is 0 Å². The molecule has 0 radical (unpaired) electrons. The highest BCUT2D eigenvalue weighted by Crippen LogP contribution is 2.27.